The van der Waals surface area contributed by atoms with E-state index in [2.05, 4.69) is 17.0 Å². The van der Waals surface area contributed by atoms with E-state index in [0.717, 1.165) is 24.6 Å². The topological polar surface area (TPSA) is 38.5 Å². The molecule has 2 N–H and O–H groups in total. The first kappa shape index (κ1) is 14.4. The van der Waals surface area contributed by atoms with Gasteiger partial charge in [0.15, 0.2) is 0 Å². The minimum Gasteiger partial charge on any atom is -0.497 e. The van der Waals surface area contributed by atoms with Crippen LogP contribution in [0, 0.1) is 5.92 Å². The van der Waals surface area contributed by atoms with E-state index in [-0.39, 0.29) is 0 Å². The molecule has 0 aliphatic carbocycles. The molecule has 106 valence electrons. The van der Waals surface area contributed by atoms with Crippen LogP contribution in [-0.2, 0) is 6.42 Å². The van der Waals surface area contributed by atoms with Crippen LogP contribution < -0.4 is 10.5 Å². The van der Waals surface area contributed by atoms with Crippen molar-refractivity contribution in [3.63, 3.8) is 0 Å². The van der Waals surface area contributed by atoms with Gasteiger partial charge in [-0.2, -0.15) is 0 Å². The largest absolute Gasteiger partial charge is 0.497 e. The molecule has 1 aliphatic rings. The van der Waals surface area contributed by atoms with Crippen molar-refractivity contribution in [1.82, 2.24) is 4.90 Å². The Hall–Kier alpha value is -1.06. The van der Waals surface area contributed by atoms with E-state index in [9.17, 15) is 0 Å². The zero-order valence-electron chi connectivity index (χ0n) is 12.0. The maximum atomic E-state index is 5.72. The highest BCUT2D eigenvalue weighted by Crippen LogP contribution is 2.17. The molecule has 1 aromatic carbocycles. The summed E-state index contributed by atoms with van der Waals surface area (Å²) in [5.74, 6) is 1.70. The van der Waals surface area contributed by atoms with Gasteiger partial charge in [0.05, 0.1) is 7.11 Å². The highest BCUT2D eigenvalue weighted by atomic mass is 16.5. The Labute approximate surface area is 116 Å². The number of hydrogen-bond acceptors (Lipinski definition) is 3. The van der Waals surface area contributed by atoms with Gasteiger partial charge >= 0.3 is 0 Å². The van der Waals surface area contributed by atoms with Gasteiger partial charge in [0.25, 0.3) is 0 Å². The number of rotatable bonds is 6. The summed E-state index contributed by atoms with van der Waals surface area (Å²) < 4.78 is 5.17. The van der Waals surface area contributed by atoms with Crippen LogP contribution >= 0.6 is 0 Å². The van der Waals surface area contributed by atoms with Crippen LogP contribution in [0.3, 0.4) is 0 Å². The lowest BCUT2D eigenvalue weighted by Gasteiger charge is -2.31. The molecular weight excluding hydrogens is 236 g/mol. The molecule has 0 atom stereocenters. The monoisotopic (exact) mass is 262 g/mol. The normalized spacial score (nSPS) is 17.6. The van der Waals surface area contributed by atoms with Crippen LogP contribution in [0.1, 0.15) is 24.8 Å². The summed E-state index contributed by atoms with van der Waals surface area (Å²) in [6.07, 6.45) is 4.94. The van der Waals surface area contributed by atoms with Crippen molar-refractivity contribution in [3.8, 4) is 5.75 Å². The average Bonchev–Trinajstić information content (AvgIpc) is 2.49. The molecule has 0 aromatic heterocycles. The molecule has 0 amide bonds. The summed E-state index contributed by atoms with van der Waals surface area (Å²) in [5.41, 5.74) is 7.12. The third-order valence-electron chi connectivity index (χ3n) is 4.14. The first-order chi connectivity index (χ1) is 9.31. The van der Waals surface area contributed by atoms with E-state index in [1.54, 1.807) is 7.11 Å². The number of piperidine rings is 1. The molecule has 3 heteroatoms. The molecule has 1 saturated heterocycles. The van der Waals surface area contributed by atoms with Crippen LogP contribution in [0.15, 0.2) is 24.3 Å². The van der Waals surface area contributed by atoms with Gasteiger partial charge in [-0.15, -0.1) is 0 Å². The Bertz CT molecular complexity index is 356. The predicted molar refractivity (Wildman–Crippen MR) is 79.5 cm³/mol. The lowest BCUT2D eigenvalue weighted by atomic mass is 9.97. The van der Waals surface area contributed by atoms with E-state index < -0.39 is 0 Å². The van der Waals surface area contributed by atoms with Crippen LogP contribution in [0.4, 0.5) is 0 Å². The van der Waals surface area contributed by atoms with E-state index in [0.29, 0.717) is 0 Å². The molecule has 0 unspecified atom stereocenters. The van der Waals surface area contributed by atoms with Gasteiger partial charge < -0.3 is 15.4 Å². The molecule has 1 heterocycles. The van der Waals surface area contributed by atoms with Crippen LogP contribution in [0.5, 0.6) is 5.75 Å². The van der Waals surface area contributed by atoms with Crippen LogP contribution in [-0.4, -0.2) is 38.2 Å². The molecule has 0 bridgehead atoms. The maximum Gasteiger partial charge on any atom is 0.118 e. The lowest BCUT2D eigenvalue weighted by molar-refractivity contribution is 0.186. The smallest absolute Gasteiger partial charge is 0.118 e. The van der Waals surface area contributed by atoms with Crippen molar-refractivity contribution < 1.29 is 4.74 Å². The van der Waals surface area contributed by atoms with Crippen molar-refractivity contribution in [2.45, 2.75) is 25.7 Å². The number of nitrogens with two attached hydrogens (primary N) is 1. The number of nitrogens with zero attached hydrogens (tertiary/aromatic N) is 1. The fourth-order valence-corrected chi connectivity index (χ4v) is 2.74. The maximum absolute atomic E-state index is 5.72. The Balaban J connectivity index is 1.66. The standard InChI is InChI=1S/C16H26N2O/c1-19-16-6-4-14(5-7-16)3-2-10-18-11-8-15(13-17)9-12-18/h4-7,15H,2-3,8-13,17H2,1H3. The van der Waals surface area contributed by atoms with Gasteiger partial charge in [-0.25, -0.2) is 0 Å². The quantitative estimate of drug-likeness (QED) is 0.855. The molecule has 19 heavy (non-hydrogen) atoms. The first-order valence-electron chi connectivity index (χ1n) is 7.37. The highest BCUT2D eigenvalue weighted by Gasteiger charge is 2.17. The average molecular weight is 262 g/mol. The minimum atomic E-state index is 0.762. The van der Waals surface area contributed by atoms with E-state index in [1.165, 1.54) is 44.5 Å². The summed E-state index contributed by atoms with van der Waals surface area (Å²) in [6, 6.07) is 8.42. The van der Waals surface area contributed by atoms with Gasteiger partial charge in [0.1, 0.15) is 5.75 Å². The fraction of sp³-hybridized carbons (Fsp3) is 0.625. The third-order valence-corrected chi connectivity index (χ3v) is 4.14. The molecule has 2 rings (SSSR count). The third kappa shape index (κ3) is 4.51. The van der Waals surface area contributed by atoms with Gasteiger partial charge in [0.2, 0.25) is 0 Å². The fourth-order valence-electron chi connectivity index (χ4n) is 2.74. The van der Waals surface area contributed by atoms with Crippen molar-refractivity contribution in [1.29, 1.82) is 0 Å². The van der Waals surface area contributed by atoms with Crippen molar-refractivity contribution >= 4 is 0 Å². The number of aryl methyl sites for hydroxylation is 1. The lowest BCUT2D eigenvalue weighted by Crippen LogP contribution is -2.36. The Kier molecular flexibility index (Phi) is 5.67. The van der Waals surface area contributed by atoms with Gasteiger partial charge in [0, 0.05) is 0 Å². The van der Waals surface area contributed by atoms with Crippen molar-refractivity contribution in [3.05, 3.63) is 29.8 Å². The second kappa shape index (κ2) is 7.51. The van der Waals surface area contributed by atoms with Gasteiger partial charge in [-0.3, -0.25) is 0 Å². The summed E-state index contributed by atoms with van der Waals surface area (Å²) in [5, 5.41) is 0. The highest BCUT2D eigenvalue weighted by molar-refractivity contribution is 5.27. The number of likely N-dealkylation sites (tertiary alicyclic amines) is 1. The molecule has 1 aliphatic heterocycles. The number of hydrogen-bond donors (Lipinski definition) is 1. The zero-order chi connectivity index (χ0) is 13.5. The Morgan fingerprint density at radius 1 is 1.21 bits per heavy atom. The first-order valence-corrected chi connectivity index (χ1v) is 7.37. The number of ether oxygens (including phenoxy) is 1. The minimum absolute atomic E-state index is 0.762. The van der Waals surface area contributed by atoms with Gasteiger partial charge in [-0.1, -0.05) is 12.1 Å². The second-order valence-corrected chi connectivity index (χ2v) is 5.47. The van der Waals surface area contributed by atoms with Crippen LogP contribution in [0.2, 0.25) is 0 Å². The van der Waals surface area contributed by atoms with Crippen molar-refractivity contribution in [2.24, 2.45) is 11.7 Å². The number of methoxy groups -OCH3 is 1. The molecule has 1 fully saturated rings. The van der Waals surface area contributed by atoms with E-state index >= 15 is 0 Å². The summed E-state index contributed by atoms with van der Waals surface area (Å²) in [6.45, 7) is 4.53. The molecule has 0 radical (unpaired) electrons. The van der Waals surface area contributed by atoms with E-state index in [4.69, 9.17) is 10.5 Å². The Morgan fingerprint density at radius 2 is 1.89 bits per heavy atom. The molecular formula is C16H26N2O. The van der Waals surface area contributed by atoms with E-state index in [1.807, 2.05) is 12.1 Å². The van der Waals surface area contributed by atoms with Gasteiger partial charge in [-0.05, 0) is 75.5 Å². The van der Waals surface area contributed by atoms with Crippen molar-refractivity contribution in [2.75, 3.05) is 33.3 Å². The molecule has 0 saturated carbocycles. The number of benzene rings is 1. The Morgan fingerprint density at radius 3 is 2.47 bits per heavy atom. The summed E-state index contributed by atoms with van der Waals surface area (Å²) >= 11 is 0. The summed E-state index contributed by atoms with van der Waals surface area (Å²) in [7, 11) is 1.71. The van der Waals surface area contributed by atoms with Crippen LogP contribution in [0.25, 0.3) is 0 Å². The zero-order valence-corrected chi connectivity index (χ0v) is 12.0. The molecule has 0 spiro atoms. The molecule has 1 aromatic rings. The summed E-state index contributed by atoms with van der Waals surface area (Å²) in [4.78, 5) is 2.58. The molecule has 3 nitrogen and oxygen atoms in total. The SMILES string of the molecule is COc1ccc(CCCN2CCC(CN)CC2)cc1. The predicted octanol–water partition coefficient (Wildman–Crippen LogP) is 2.30. The second-order valence-electron chi connectivity index (χ2n) is 5.47.